The number of nitrogens with zero attached hydrogens (tertiary/aromatic N) is 1. The Bertz CT molecular complexity index is 570. The van der Waals surface area contributed by atoms with Crippen LogP contribution >= 0.6 is 0 Å². The third-order valence-electron chi connectivity index (χ3n) is 3.18. The van der Waals surface area contributed by atoms with Crippen LogP contribution in [0, 0.1) is 0 Å². The number of rotatable bonds is 9. The van der Waals surface area contributed by atoms with Crippen LogP contribution in [0.3, 0.4) is 0 Å². The van der Waals surface area contributed by atoms with Crippen LogP contribution in [0.15, 0.2) is 29.2 Å². The van der Waals surface area contributed by atoms with Crippen molar-refractivity contribution in [1.29, 1.82) is 0 Å². The molecule has 0 aromatic heterocycles. The van der Waals surface area contributed by atoms with Crippen LogP contribution < -0.4 is 4.72 Å². The molecule has 0 fully saturated rings. The van der Waals surface area contributed by atoms with Gasteiger partial charge in [0.15, 0.2) is 0 Å². The molecular formula is C15H24N2O4S. The zero-order valence-corrected chi connectivity index (χ0v) is 13.9. The SMILES string of the molecule is CCCCN(CCO)C(=O)c1ccc(S(=O)(=O)NCC)cc1. The van der Waals surface area contributed by atoms with E-state index in [1.807, 2.05) is 6.92 Å². The van der Waals surface area contributed by atoms with Gasteiger partial charge in [-0.3, -0.25) is 4.79 Å². The Morgan fingerprint density at radius 2 is 1.82 bits per heavy atom. The predicted molar refractivity (Wildman–Crippen MR) is 85.2 cm³/mol. The molecule has 0 saturated carbocycles. The molecule has 2 N–H and O–H groups in total. The Morgan fingerprint density at radius 3 is 2.32 bits per heavy atom. The molecule has 22 heavy (non-hydrogen) atoms. The summed E-state index contributed by atoms with van der Waals surface area (Å²) < 4.78 is 26.1. The fourth-order valence-corrected chi connectivity index (χ4v) is 3.06. The lowest BCUT2D eigenvalue weighted by atomic mass is 10.2. The lowest BCUT2D eigenvalue weighted by Crippen LogP contribution is -2.34. The summed E-state index contributed by atoms with van der Waals surface area (Å²) in [6, 6.07) is 5.84. The highest BCUT2D eigenvalue weighted by molar-refractivity contribution is 7.89. The van der Waals surface area contributed by atoms with Gasteiger partial charge in [-0.2, -0.15) is 0 Å². The second-order valence-electron chi connectivity index (χ2n) is 4.90. The Balaban J connectivity index is 2.90. The summed E-state index contributed by atoms with van der Waals surface area (Å²) in [6.45, 7) is 4.80. The summed E-state index contributed by atoms with van der Waals surface area (Å²) in [6.07, 6.45) is 1.81. The first kappa shape index (κ1) is 18.6. The van der Waals surface area contributed by atoms with Gasteiger partial charge >= 0.3 is 0 Å². The number of aliphatic hydroxyl groups is 1. The second kappa shape index (κ2) is 8.87. The lowest BCUT2D eigenvalue weighted by molar-refractivity contribution is 0.0719. The minimum Gasteiger partial charge on any atom is -0.395 e. The van der Waals surface area contributed by atoms with Crippen molar-refractivity contribution >= 4 is 15.9 Å². The molecule has 1 aromatic carbocycles. The highest BCUT2D eigenvalue weighted by Gasteiger charge is 2.17. The topological polar surface area (TPSA) is 86.7 Å². The molecule has 0 aliphatic carbocycles. The quantitative estimate of drug-likeness (QED) is 0.713. The smallest absolute Gasteiger partial charge is 0.253 e. The maximum absolute atomic E-state index is 12.4. The van der Waals surface area contributed by atoms with Gasteiger partial charge in [0.2, 0.25) is 10.0 Å². The van der Waals surface area contributed by atoms with Crippen LogP contribution in [0.4, 0.5) is 0 Å². The molecule has 0 aliphatic heterocycles. The summed E-state index contributed by atoms with van der Waals surface area (Å²) in [5.41, 5.74) is 0.417. The summed E-state index contributed by atoms with van der Waals surface area (Å²) in [5, 5.41) is 9.06. The van der Waals surface area contributed by atoms with Crippen LogP contribution in [0.5, 0.6) is 0 Å². The number of aliphatic hydroxyl groups excluding tert-OH is 1. The van der Waals surface area contributed by atoms with Crippen molar-refractivity contribution in [3.8, 4) is 0 Å². The Hall–Kier alpha value is -1.44. The summed E-state index contributed by atoms with van der Waals surface area (Å²) in [4.78, 5) is 14.1. The number of unbranched alkanes of at least 4 members (excludes halogenated alkanes) is 1. The fourth-order valence-electron chi connectivity index (χ4n) is 2.02. The molecule has 1 amide bonds. The van der Waals surface area contributed by atoms with Gasteiger partial charge in [-0.1, -0.05) is 20.3 Å². The van der Waals surface area contributed by atoms with Crippen molar-refractivity contribution in [1.82, 2.24) is 9.62 Å². The number of hydrogen-bond acceptors (Lipinski definition) is 4. The number of amides is 1. The standard InChI is InChI=1S/C15H24N2O4S/c1-3-5-10-17(11-12-18)15(19)13-6-8-14(9-7-13)22(20,21)16-4-2/h6-9,16,18H,3-5,10-12H2,1-2H3. The van der Waals surface area contributed by atoms with E-state index in [4.69, 9.17) is 5.11 Å². The van der Waals surface area contributed by atoms with E-state index in [9.17, 15) is 13.2 Å². The van der Waals surface area contributed by atoms with Gasteiger partial charge in [-0.15, -0.1) is 0 Å². The average Bonchev–Trinajstić information content (AvgIpc) is 2.51. The number of nitrogens with one attached hydrogen (secondary N) is 1. The van der Waals surface area contributed by atoms with Crippen LogP contribution in [-0.4, -0.2) is 50.6 Å². The second-order valence-corrected chi connectivity index (χ2v) is 6.66. The van der Waals surface area contributed by atoms with Crippen molar-refractivity contribution in [2.45, 2.75) is 31.6 Å². The van der Waals surface area contributed by atoms with E-state index in [0.717, 1.165) is 12.8 Å². The van der Waals surface area contributed by atoms with Crippen molar-refractivity contribution in [2.24, 2.45) is 0 Å². The highest BCUT2D eigenvalue weighted by atomic mass is 32.2. The van der Waals surface area contributed by atoms with E-state index in [2.05, 4.69) is 4.72 Å². The summed E-state index contributed by atoms with van der Waals surface area (Å²) in [5.74, 6) is -0.199. The predicted octanol–water partition coefficient (Wildman–Crippen LogP) is 1.22. The van der Waals surface area contributed by atoms with Gasteiger partial charge < -0.3 is 10.0 Å². The van der Waals surface area contributed by atoms with Gasteiger partial charge in [0, 0.05) is 25.2 Å². The minimum absolute atomic E-state index is 0.0949. The van der Waals surface area contributed by atoms with Crippen molar-refractivity contribution < 1.29 is 18.3 Å². The number of benzene rings is 1. The molecule has 0 bridgehead atoms. The van der Waals surface area contributed by atoms with Crippen LogP contribution in [0.1, 0.15) is 37.0 Å². The average molecular weight is 328 g/mol. The molecule has 0 unspecified atom stereocenters. The molecular weight excluding hydrogens is 304 g/mol. The molecule has 0 saturated heterocycles. The van der Waals surface area contributed by atoms with Crippen LogP contribution in [0.25, 0.3) is 0 Å². The lowest BCUT2D eigenvalue weighted by Gasteiger charge is -2.21. The largest absolute Gasteiger partial charge is 0.395 e. The Kier molecular flexibility index (Phi) is 7.50. The maximum atomic E-state index is 12.4. The summed E-state index contributed by atoms with van der Waals surface area (Å²) in [7, 11) is -3.51. The first-order valence-corrected chi connectivity index (χ1v) is 8.94. The zero-order chi connectivity index (χ0) is 16.6. The van der Waals surface area contributed by atoms with E-state index in [0.29, 0.717) is 18.7 Å². The van der Waals surface area contributed by atoms with Gasteiger partial charge in [0.05, 0.1) is 11.5 Å². The first-order valence-electron chi connectivity index (χ1n) is 7.46. The maximum Gasteiger partial charge on any atom is 0.253 e. The van der Waals surface area contributed by atoms with E-state index < -0.39 is 10.0 Å². The molecule has 1 aromatic rings. The van der Waals surface area contributed by atoms with Gasteiger partial charge in [0.25, 0.3) is 5.91 Å². The molecule has 0 atom stereocenters. The molecule has 0 spiro atoms. The van der Waals surface area contributed by atoms with Crippen molar-refractivity contribution in [3.05, 3.63) is 29.8 Å². The summed E-state index contributed by atoms with van der Waals surface area (Å²) >= 11 is 0. The number of hydrogen-bond donors (Lipinski definition) is 2. The molecule has 124 valence electrons. The molecule has 0 aliphatic rings. The van der Waals surface area contributed by atoms with Gasteiger partial charge in [-0.25, -0.2) is 13.1 Å². The van der Waals surface area contributed by atoms with Crippen molar-refractivity contribution in [2.75, 3.05) is 26.2 Å². The van der Waals surface area contributed by atoms with E-state index in [1.165, 1.54) is 24.3 Å². The van der Waals surface area contributed by atoms with Gasteiger partial charge in [0.1, 0.15) is 0 Å². The highest BCUT2D eigenvalue weighted by Crippen LogP contribution is 2.12. The third-order valence-corrected chi connectivity index (χ3v) is 4.75. The normalized spacial score (nSPS) is 11.4. The molecule has 0 radical (unpaired) electrons. The molecule has 1 rings (SSSR count). The number of carbonyl (C=O) groups excluding carboxylic acids is 1. The molecule has 0 heterocycles. The van der Waals surface area contributed by atoms with Crippen LogP contribution in [0.2, 0.25) is 0 Å². The Morgan fingerprint density at radius 1 is 1.18 bits per heavy atom. The third kappa shape index (κ3) is 5.08. The minimum atomic E-state index is -3.51. The monoisotopic (exact) mass is 328 g/mol. The van der Waals surface area contributed by atoms with E-state index in [1.54, 1.807) is 11.8 Å². The number of carbonyl (C=O) groups is 1. The molecule has 7 heteroatoms. The van der Waals surface area contributed by atoms with Gasteiger partial charge in [-0.05, 0) is 30.7 Å². The van der Waals surface area contributed by atoms with E-state index >= 15 is 0 Å². The van der Waals surface area contributed by atoms with E-state index in [-0.39, 0.29) is 24.0 Å². The molecule has 6 nitrogen and oxygen atoms in total. The van der Waals surface area contributed by atoms with Crippen LogP contribution in [-0.2, 0) is 10.0 Å². The van der Waals surface area contributed by atoms with Crippen molar-refractivity contribution in [3.63, 3.8) is 0 Å². The fraction of sp³-hybridized carbons (Fsp3) is 0.533. The first-order chi connectivity index (χ1) is 10.5. The number of sulfonamides is 1. The zero-order valence-electron chi connectivity index (χ0n) is 13.1. The Labute approximate surface area is 132 Å².